The predicted molar refractivity (Wildman–Crippen MR) is 84.5 cm³/mol. The minimum atomic E-state index is -0.00425. The second-order valence-corrected chi connectivity index (χ2v) is 6.07. The van der Waals surface area contributed by atoms with E-state index in [0.29, 0.717) is 6.54 Å². The molecule has 2 aromatic rings. The van der Waals surface area contributed by atoms with Gasteiger partial charge in [0.05, 0.1) is 23.3 Å². The van der Waals surface area contributed by atoms with Gasteiger partial charge in [-0.15, -0.1) is 0 Å². The molecule has 0 aliphatic heterocycles. The van der Waals surface area contributed by atoms with E-state index in [1.165, 1.54) is 11.3 Å². The number of nitrogens with two attached hydrogens (primary N) is 1. The molecule has 1 heterocycles. The van der Waals surface area contributed by atoms with Crippen molar-refractivity contribution in [3.05, 3.63) is 41.7 Å². The average Bonchev–Trinajstić information content (AvgIpc) is 2.80. The van der Waals surface area contributed by atoms with Gasteiger partial charge in [-0.2, -0.15) is 5.10 Å². The van der Waals surface area contributed by atoms with Crippen molar-refractivity contribution < 1.29 is 0 Å². The van der Waals surface area contributed by atoms with Crippen LogP contribution in [0.2, 0.25) is 0 Å². The zero-order valence-electron chi connectivity index (χ0n) is 12.8. The lowest BCUT2D eigenvalue weighted by atomic mass is 9.90. The lowest BCUT2D eigenvalue weighted by molar-refractivity contribution is 0.544. The smallest absolute Gasteiger partial charge is 0.0769 e. The molecule has 0 bridgehead atoms. The lowest BCUT2D eigenvalue weighted by Gasteiger charge is -2.23. The van der Waals surface area contributed by atoms with Gasteiger partial charge in [0.2, 0.25) is 0 Å². The van der Waals surface area contributed by atoms with Crippen molar-refractivity contribution in [2.24, 2.45) is 5.73 Å². The summed E-state index contributed by atoms with van der Waals surface area (Å²) in [6.07, 6.45) is 1.89. The highest BCUT2D eigenvalue weighted by atomic mass is 15.3. The van der Waals surface area contributed by atoms with E-state index < -0.39 is 0 Å². The maximum atomic E-state index is 5.59. The third kappa shape index (κ3) is 2.85. The SMILES string of the molecule is Cc1ccccc1-n1ncc(NCCN)c1C(C)(C)C. The van der Waals surface area contributed by atoms with Crippen LogP contribution in [0, 0.1) is 6.92 Å². The largest absolute Gasteiger partial charge is 0.381 e. The van der Waals surface area contributed by atoms with E-state index in [2.05, 4.69) is 50.2 Å². The molecule has 4 heteroatoms. The molecule has 2 rings (SSSR count). The van der Waals surface area contributed by atoms with Crippen LogP contribution in [0.5, 0.6) is 0 Å². The number of benzene rings is 1. The van der Waals surface area contributed by atoms with Crippen molar-refractivity contribution in [2.75, 3.05) is 18.4 Å². The molecule has 0 fully saturated rings. The lowest BCUT2D eigenvalue weighted by Crippen LogP contribution is -2.21. The monoisotopic (exact) mass is 272 g/mol. The second-order valence-electron chi connectivity index (χ2n) is 6.07. The molecule has 0 aliphatic carbocycles. The summed E-state index contributed by atoms with van der Waals surface area (Å²) in [5, 5.41) is 7.95. The van der Waals surface area contributed by atoms with Crippen LogP contribution in [0.15, 0.2) is 30.5 Å². The van der Waals surface area contributed by atoms with Gasteiger partial charge in [-0.3, -0.25) is 0 Å². The second kappa shape index (κ2) is 5.67. The third-order valence-electron chi connectivity index (χ3n) is 3.28. The van der Waals surface area contributed by atoms with Gasteiger partial charge in [-0.25, -0.2) is 4.68 Å². The molecule has 3 N–H and O–H groups in total. The maximum Gasteiger partial charge on any atom is 0.0769 e. The Morgan fingerprint density at radius 2 is 1.95 bits per heavy atom. The Labute approximate surface area is 121 Å². The van der Waals surface area contributed by atoms with Gasteiger partial charge < -0.3 is 11.1 Å². The molecule has 20 heavy (non-hydrogen) atoms. The summed E-state index contributed by atoms with van der Waals surface area (Å²) in [5.41, 5.74) is 10.2. The normalized spacial score (nSPS) is 11.7. The van der Waals surface area contributed by atoms with Gasteiger partial charge in [-0.05, 0) is 18.6 Å². The number of aryl methyl sites for hydroxylation is 1. The number of para-hydroxylation sites is 1. The molecular formula is C16H24N4. The van der Waals surface area contributed by atoms with Gasteiger partial charge in [-0.1, -0.05) is 39.0 Å². The molecule has 108 valence electrons. The maximum absolute atomic E-state index is 5.59. The molecular weight excluding hydrogens is 248 g/mol. The summed E-state index contributed by atoms with van der Waals surface area (Å²) in [6, 6.07) is 8.30. The van der Waals surface area contributed by atoms with E-state index in [4.69, 9.17) is 5.73 Å². The molecule has 1 aromatic carbocycles. The van der Waals surface area contributed by atoms with Crippen molar-refractivity contribution in [2.45, 2.75) is 33.1 Å². The fourth-order valence-corrected chi connectivity index (χ4v) is 2.39. The van der Waals surface area contributed by atoms with Crippen molar-refractivity contribution in [3.63, 3.8) is 0 Å². The van der Waals surface area contributed by atoms with Gasteiger partial charge in [0.15, 0.2) is 0 Å². The van der Waals surface area contributed by atoms with Gasteiger partial charge in [0.1, 0.15) is 0 Å². The first-order valence-corrected chi connectivity index (χ1v) is 7.03. The van der Waals surface area contributed by atoms with Gasteiger partial charge in [0, 0.05) is 18.5 Å². The van der Waals surface area contributed by atoms with Crippen LogP contribution in [0.4, 0.5) is 5.69 Å². The van der Waals surface area contributed by atoms with E-state index in [9.17, 15) is 0 Å². The summed E-state index contributed by atoms with van der Waals surface area (Å²) >= 11 is 0. The Morgan fingerprint density at radius 3 is 2.55 bits per heavy atom. The zero-order chi connectivity index (χ0) is 14.8. The van der Waals surface area contributed by atoms with Gasteiger partial charge >= 0.3 is 0 Å². The van der Waals surface area contributed by atoms with Crippen LogP contribution in [0.25, 0.3) is 5.69 Å². The number of anilines is 1. The van der Waals surface area contributed by atoms with Crippen molar-refractivity contribution >= 4 is 5.69 Å². The van der Waals surface area contributed by atoms with E-state index in [0.717, 1.165) is 17.9 Å². The zero-order valence-corrected chi connectivity index (χ0v) is 12.8. The topological polar surface area (TPSA) is 55.9 Å². The Hall–Kier alpha value is -1.81. The van der Waals surface area contributed by atoms with Crippen LogP contribution in [0.3, 0.4) is 0 Å². The molecule has 0 amide bonds. The molecule has 0 saturated carbocycles. The first kappa shape index (κ1) is 14.6. The molecule has 1 aromatic heterocycles. The summed E-state index contributed by atoms with van der Waals surface area (Å²) in [7, 11) is 0. The molecule has 0 saturated heterocycles. The number of aromatic nitrogens is 2. The number of hydrogen-bond donors (Lipinski definition) is 2. The minimum Gasteiger partial charge on any atom is -0.381 e. The van der Waals surface area contributed by atoms with Crippen molar-refractivity contribution in [3.8, 4) is 5.69 Å². The van der Waals surface area contributed by atoms with Crippen LogP contribution >= 0.6 is 0 Å². The molecule has 0 atom stereocenters. The summed E-state index contributed by atoms with van der Waals surface area (Å²) in [5.74, 6) is 0. The van der Waals surface area contributed by atoms with Crippen LogP contribution in [-0.4, -0.2) is 22.9 Å². The molecule has 0 radical (unpaired) electrons. The minimum absolute atomic E-state index is 0.00425. The highest BCUT2D eigenvalue weighted by Crippen LogP contribution is 2.32. The van der Waals surface area contributed by atoms with E-state index in [1.54, 1.807) is 0 Å². The number of nitrogens with one attached hydrogen (secondary N) is 1. The predicted octanol–water partition coefficient (Wildman–Crippen LogP) is 2.85. The number of nitrogens with zero attached hydrogens (tertiary/aromatic N) is 2. The molecule has 0 aliphatic rings. The third-order valence-corrected chi connectivity index (χ3v) is 3.28. The Morgan fingerprint density at radius 1 is 1.25 bits per heavy atom. The molecule has 0 unspecified atom stereocenters. The van der Waals surface area contributed by atoms with E-state index >= 15 is 0 Å². The summed E-state index contributed by atoms with van der Waals surface area (Å²) < 4.78 is 2.04. The highest BCUT2D eigenvalue weighted by Gasteiger charge is 2.25. The van der Waals surface area contributed by atoms with Gasteiger partial charge in [0.25, 0.3) is 0 Å². The Kier molecular flexibility index (Phi) is 4.14. The molecule has 0 spiro atoms. The average molecular weight is 272 g/mol. The fraction of sp³-hybridized carbons (Fsp3) is 0.438. The Bertz CT molecular complexity index is 578. The first-order valence-electron chi connectivity index (χ1n) is 7.03. The van der Waals surface area contributed by atoms with Crippen molar-refractivity contribution in [1.29, 1.82) is 0 Å². The number of hydrogen-bond acceptors (Lipinski definition) is 3. The molecule has 4 nitrogen and oxygen atoms in total. The fourth-order valence-electron chi connectivity index (χ4n) is 2.39. The van der Waals surface area contributed by atoms with Crippen LogP contribution < -0.4 is 11.1 Å². The van der Waals surface area contributed by atoms with E-state index in [1.807, 2.05) is 23.0 Å². The van der Waals surface area contributed by atoms with E-state index in [-0.39, 0.29) is 5.41 Å². The summed E-state index contributed by atoms with van der Waals surface area (Å²) in [4.78, 5) is 0. The standard InChI is InChI=1S/C16H24N4/c1-12-7-5-6-8-14(12)20-15(16(2,3)4)13(11-19-20)18-10-9-17/h5-8,11,18H,9-10,17H2,1-4H3. The highest BCUT2D eigenvalue weighted by molar-refractivity contribution is 5.54. The van der Waals surface area contributed by atoms with Crippen LogP contribution in [-0.2, 0) is 5.41 Å². The van der Waals surface area contributed by atoms with Crippen molar-refractivity contribution in [1.82, 2.24) is 9.78 Å². The van der Waals surface area contributed by atoms with Crippen LogP contribution in [0.1, 0.15) is 32.0 Å². The first-order chi connectivity index (χ1) is 9.45. The quantitative estimate of drug-likeness (QED) is 0.900. The number of rotatable bonds is 4. The summed E-state index contributed by atoms with van der Waals surface area (Å²) in [6.45, 7) is 10.1. The Balaban J connectivity index is 2.54.